The fourth-order valence-electron chi connectivity index (χ4n) is 1.85. The molecule has 1 aliphatic rings. The molecular formula is C13H17ClN2O5S. The Hall–Kier alpha value is -1.22. The average molecular weight is 349 g/mol. The molecular weight excluding hydrogens is 332 g/mol. The summed E-state index contributed by atoms with van der Waals surface area (Å²) >= 11 is 5.67. The van der Waals surface area contributed by atoms with E-state index in [2.05, 4.69) is 4.72 Å². The fourth-order valence-corrected chi connectivity index (χ4v) is 3.24. The number of halogens is 1. The van der Waals surface area contributed by atoms with E-state index in [1.165, 1.54) is 18.9 Å². The molecule has 0 spiro atoms. The largest absolute Gasteiger partial charge is 0.381 e. The predicted octanol–water partition coefficient (Wildman–Crippen LogP) is 2.34. The number of hydrogen-bond acceptors (Lipinski definition) is 5. The van der Waals surface area contributed by atoms with Crippen molar-refractivity contribution in [3.63, 3.8) is 0 Å². The Bertz CT molecular complexity index is 646. The minimum Gasteiger partial charge on any atom is -0.381 e. The van der Waals surface area contributed by atoms with Gasteiger partial charge in [-0.15, -0.1) is 0 Å². The van der Waals surface area contributed by atoms with Gasteiger partial charge in [0, 0.05) is 30.8 Å². The molecule has 9 heteroatoms. The van der Waals surface area contributed by atoms with Crippen molar-refractivity contribution >= 4 is 27.3 Å². The molecule has 0 bridgehead atoms. The third-order valence-corrected chi connectivity index (χ3v) is 4.96. The molecule has 0 aromatic heterocycles. The normalized spacial score (nSPS) is 15.0. The van der Waals surface area contributed by atoms with E-state index in [-0.39, 0.29) is 16.5 Å². The van der Waals surface area contributed by atoms with Gasteiger partial charge in [0.05, 0.1) is 4.92 Å². The highest BCUT2D eigenvalue weighted by Gasteiger charge is 2.25. The fraction of sp³-hybridized carbons (Fsp3) is 0.538. The van der Waals surface area contributed by atoms with E-state index in [9.17, 15) is 18.5 Å². The van der Waals surface area contributed by atoms with Crippen LogP contribution in [-0.2, 0) is 14.8 Å². The summed E-state index contributed by atoms with van der Waals surface area (Å²) in [5.74, 6) is 0.661. The highest BCUT2D eigenvalue weighted by atomic mass is 35.5. The standard InChI is InChI=1S/C13H17ClN2O5S/c14-11-4-5-13(12(8-11)16(17)18)22(19,20)15-6-1-7-21-9-10-2-3-10/h4-5,8,10,15H,1-3,6-7,9H2. The third-order valence-electron chi connectivity index (χ3n) is 3.22. The maximum Gasteiger partial charge on any atom is 0.290 e. The lowest BCUT2D eigenvalue weighted by atomic mass is 10.3. The Morgan fingerprint density at radius 1 is 1.41 bits per heavy atom. The van der Waals surface area contributed by atoms with Crippen molar-refractivity contribution in [3.05, 3.63) is 33.3 Å². The molecule has 1 aromatic rings. The summed E-state index contributed by atoms with van der Waals surface area (Å²) in [6, 6.07) is 3.46. The van der Waals surface area contributed by atoms with E-state index >= 15 is 0 Å². The number of nitro groups is 1. The maximum atomic E-state index is 12.1. The van der Waals surface area contributed by atoms with E-state index in [1.54, 1.807) is 0 Å². The molecule has 1 fully saturated rings. The summed E-state index contributed by atoms with van der Waals surface area (Å²) in [6.07, 6.45) is 2.91. The lowest BCUT2D eigenvalue weighted by Gasteiger charge is -2.08. The van der Waals surface area contributed by atoms with E-state index in [0.29, 0.717) is 18.9 Å². The van der Waals surface area contributed by atoms with Crippen molar-refractivity contribution < 1.29 is 18.1 Å². The summed E-state index contributed by atoms with van der Waals surface area (Å²) in [6.45, 7) is 1.34. The summed E-state index contributed by atoms with van der Waals surface area (Å²) in [7, 11) is -3.95. The predicted molar refractivity (Wildman–Crippen MR) is 81.5 cm³/mol. The second-order valence-electron chi connectivity index (χ2n) is 5.14. The number of benzene rings is 1. The van der Waals surface area contributed by atoms with Crippen molar-refractivity contribution in [2.45, 2.75) is 24.2 Å². The Balaban J connectivity index is 1.90. The Kier molecular flexibility index (Phi) is 5.74. The first-order valence-electron chi connectivity index (χ1n) is 6.91. The third kappa shape index (κ3) is 4.91. The molecule has 2 rings (SSSR count). The summed E-state index contributed by atoms with van der Waals surface area (Å²) < 4.78 is 32.0. The number of sulfonamides is 1. The highest BCUT2D eigenvalue weighted by Crippen LogP contribution is 2.29. The first-order valence-corrected chi connectivity index (χ1v) is 8.77. The first kappa shape index (κ1) is 17.1. The van der Waals surface area contributed by atoms with Crippen LogP contribution in [0.4, 0.5) is 5.69 Å². The van der Waals surface area contributed by atoms with E-state index in [1.807, 2.05) is 0 Å². The van der Waals surface area contributed by atoms with Gasteiger partial charge in [-0.05, 0) is 37.3 Å². The van der Waals surface area contributed by atoms with Gasteiger partial charge in [0.15, 0.2) is 4.90 Å². The zero-order valence-electron chi connectivity index (χ0n) is 11.8. The molecule has 7 nitrogen and oxygen atoms in total. The van der Waals surface area contributed by atoms with Crippen LogP contribution in [0.3, 0.4) is 0 Å². The van der Waals surface area contributed by atoms with Crippen LogP contribution in [-0.4, -0.2) is 33.1 Å². The zero-order chi connectivity index (χ0) is 16.2. The molecule has 0 heterocycles. The van der Waals surface area contributed by atoms with Crippen molar-refractivity contribution in [3.8, 4) is 0 Å². The number of rotatable bonds is 9. The van der Waals surface area contributed by atoms with Gasteiger partial charge in [0.1, 0.15) is 0 Å². The number of nitrogens with one attached hydrogen (secondary N) is 1. The van der Waals surface area contributed by atoms with E-state index < -0.39 is 20.6 Å². The van der Waals surface area contributed by atoms with Crippen molar-refractivity contribution in [2.24, 2.45) is 5.92 Å². The van der Waals surface area contributed by atoms with Gasteiger partial charge in [-0.1, -0.05) is 11.6 Å². The molecule has 122 valence electrons. The van der Waals surface area contributed by atoms with Crippen LogP contribution in [0, 0.1) is 16.0 Å². The van der Waals surface area contributed by atoms with Crippen LogP contribution < -0.4 is 4.72 Å². The number of nitro benzene ring substituents is 1. The second kappa shape index (κ2) is 7.36. The molecule has 0 atom stereocenters. The Labute approximate surface area is 133 Å². The quantitative estimate of drug-likeness (QED) is 0.419. The van der Waals surface area contributed by atoms with Crippen molar-refractivity contribution in [1.82, 2.24) is 4.72 Å². The number of nitrogens with zero attached hydrogens (tertiary/aromatic N) is 1. The minimum absolute atomic E-state index is 0.110. The maximum absolute atomic E-state index is 12.1. The van der Waals surface area contributed by atoms with Gasteiger partial charge in [0.2, 0.25) is 10.0 Å². The molecule has 1 N–H and O–H groups in total. The SMILES string of the molecule is O=[N+]([O-])c1cc(Cl)ccc1S(=O)(=O)NCCCOCC1CC1. The van der Waals surface area contributed by atoms with Gasteiger partial charge in [-0.2, -0.15) is 0 Å². The Morgan fingerprint density at radius 3 is 2.77 bits per heavy atom. The van der Waals surface area contributed by atoms with Gasteiger partial charge >= 0.3 is 0 Å². The average Bonchev–Trinajstić information content (AvgIpc) is 3.26. The molecule has 1 aliphatic carbocycles. The molecule has 0 aliphatic heterocycles. The van der Waals surface area contributed by atoms with E-state index in [4.69, 9.17) is 16.3 Å². The zero-order valence-corrected chi connectivity index (χ0v) is 13.4. The van der Waals surface area contributed by atoms with Gasteiger partial charge < -0.3 is 4.74 Å². The smallest absolute Gasteiger partial charge is 0.290 e. The minimum atomic E-state index is -3.95. The van der Waals surface area contributed by atoms with Crippen LogP contribution in [0.1, 0.15) is 19.3 Å². The summed E-state index contributed by atoms with van der Waals surface area (Å²) in [5, 5.41) is 11.1. The lowest BCUT2D eigenvalue weighted by Crippen LogP contribution is -2.26. The topological polar surface area (TPSA) is 98.5 Å². The lowest BCUT2D eigenvalue weighted by molar-refractivity contribution is -0.387. The van der Waals surface area contributed by atoms with E-state index in [0.717, 1.165) is 18.7 Å². The van der Waals surface area contributed by atoms with Gasteiger partial charge in [0.25, 0.3) is 5.69 Å². The number of ether oxygens (including phenoxy) is 1. The van der Waals surface area contributed by atoms with Crippen molar-refractivity contribution in [2.75, 3.05) is 19.8 Å². The second-order valence-corrected chi connectivity index (χ2v) is 7.31. The van der Waals surface area contributed by atoms with Gasteiger partial charge in [-0.25, -0.2) is 13.1 Å². The molecule has 0 unspecified atom stereocenters. The highest BCUT2D eigenvalue weighted by molar-refractivity contribution is 7.89. The molecule has 22 heavy (non-hydrogen) atoms. The molecule has 1 saturated carbocycles. The van der Waals surface area contributed by atoms with Crippen LogP contribution >= 0.6 is 11.6 Å². The molecule has 0 radical (unpaired) electrons. The van der Waals surface area contributed by atoms with Crippen LogP contribution in [0.25, 0.3) is 0 Å². The van der Waals surface area contributed by atoms with Crippen LogP contribution in [0.2, 0.25) is 5.02 Å². The molecule has 0 saturated heterocycles. The van der Waals surface area contributed by atoms with Crippen LogP contribution in [0.15, 0.2) is 23.1 Å². The summed E-state index contributed by atoms with van der Waals surface area (Å²) in [5.41, 5.74) is -0.537. The molecule has 1 aromatic carbocycles. The van der Waals surface area contributed by atoms with Crippen LogP contribution in [0.5, 0.6) is 0 Å². The van der Waals surface area contributed by atoms with Gasteiger partial charge in [-0.3, -0.25) is 10.1 Å². The Morgan fingerprint density at radius 2 is 2.14 bits per heavy atom. The first-order chi connectivity index (χ1) is 10.4. The number of hydrogen-bond donors (Lipinski definition) is 1. The van der Waals surface area contributed by atoms with Crippen molar-refractivity contribution in [1.29, 1.82) is 0 Å². The summed E-state index contributed by atoms with van der Waals surface area (Å²) in [4.78, 5) is 9.79. The monoisotopic (exact) mass is 348 g/mol. The molecule has 0 amide bonds.